The molecule has 1 nitrogen and oxygen atoms in total. The van der Waals surface area contributed by atoms with Crippen molar-refractivity contribution in [1.29, 1.82) is 0 Å². The number of nitrogens with zero attached hydrogens (tertiary/aromatic N) is 1. The lowest BCUT2D eigenvalue weighted by Gasteiger charge is -2.21. The summed E-state index contributed by atoms with van der Waals surface area (Å²) in [6, 6.07) is 13.6. The van der Waals surface area contributed by atoms with E-state index in [1.165, 1.54) is 47.7 Å². The first-order chi connectivity index (χ1) is 10.8. The van der Waals surface area contributed by atoms with Gasteiger partial charge in [-0.2, -0.15) is 4.57 Å². The van der Waals surface area contributed by atoms with Gasteiger partial charge in [0.25, 0.3) is 0 Å². The monoisotopic (exact) mass is 286 g/mol. The van der Waals surface area contributed by atoms with E-state index >= 15 is 0 Å². The molecule has 5 rings (SSSR count). The van der Waals surface area contributed by atoms with Crippen LogP contribution in [-0.4, -0.2) is 0 Å². The summed E-state index contributed by atoms with van der Waals surface area (Å²) in [6.45, 7) is 3.21. The third kappa shape index (κ3) is 1.57. The van der Waals surface area contributed by atoms with Gasteiger partial charge < -0.3 is 0 Å². The number of hydrogen-bond donors (Lipinski definition) is 0. The lowest BCUT2D eigenvalue weighted by Crippen LogP contribution is -2.32. The van der Waals surface area contributed by atoms with Gasteiger partial charge >= 0.3 is 0 Å². The molecule has 0 bridgehead atoms. The van der Waals surface area contributed by atoms with Crippen molar-refractivity contribution in [2.75, 3.05) is 0 Å². The second-order valence-corrected chi connectivity index (χ2v) is 6.78. The van der Waals surface area contributed by atoms with Crippen molar-refractivity contribution >= 4 is 10.8 Å². The molecule has 0 saturated carbocycles. The van der Waals surface area contributed by atoms with Gasteiger partial charge in [-0.1, -0.05) is 24.3 Å². The van der Waals surface area contributed by atoms with Crippen molar-refractivity contribution in [3.8, 4) is 11.3 Å². The molecule has 0 fully saturated rings. The molecule has 0 unspecified atom stereocenters. The van der Waals surface area contributed by atoms with E-state index in [0.717, 1.165) is 6.54 Å². The molecule has 1 aliphatic heterocycles. The summed E-state index contributed by atoms with van der Waals surface area (Å²) < 4.78 is 2.45. The molecule has 0 N–H and O–H groups in total. The van der Waals surface area contributed by atoms with E-state index in [0.29, 0.717) is 0 Å². The molecular weight excluding hydrogens is 266 g/mol. The second-order valence-electron chi connectivity index (χ2n) is 6.78. The molecule has 2 heterocycles. The minimum absolute atomic E-state index is 1.03. The van der Waals surface area contributed by atoms with Crippen LogP contribution in [0.4, 0.5) is 0 Å². The SMILES string of the molecule is Cc1ccc2[n+](c1)Cc1c-2c2c(c3ccccc13)CCCC2. The fourth-order valence-corrected chi connectivity index (χ4v) is 4.47. The van der Waals surface area contributed by atoms with Crippen molar-refractivity contribution < 1.29 is 4.57 Å². The van der Waals surface area contributed by atoms with Gasteiger partial charge in [0.15, 0.2) is 12.7 Å². The van der Waals surface area contributed by atoms with Crippen molar-refractivity contribution in [1.82, 2.24) is 0 Å². The van der Waals surface area contributed by atoms with E-state index in [1.54, 1.807) is 22.3 Å². The van der Waals surface area contributed by atoms with Gasteiger partial charge in [0.05, 0.1) is 5.56 Å². The number of benzene rings is 2. The quantitative estimate of drug-likeness (QED) is 0.423. The first-order valence-corrected chi connectivity index (χ1v) is 8.39. The Morgan fingerprint density at radius 2 is 1.55 bits per heavy atom. The highest BCUT2D eigenvalue weighted by atomic mass is 15.0. The lowest BCUT2D eigenvalue weighted by atomic mass is 9.81. The molecule has 1 heteroatoms. The Hall–Kier alpha value is -2.15. The Balaban J connectivity index is 1.93. The van der Waals surface area contributed by atoms with E-state index in [-0.39, 0.29) is 0 Å². The molecule has 108 valence electrons. The maximum atomic E-state index is 2.45. The van der Waals surface area contributed by atoms with Crippen molar-refractivity contribution in [3.63, 3.8) is 0 Å². The van der Waals surface area contributed by atoms with Crippen LogP contribution in [0.2, 0.25) is 0 Å². The summed E-state index contributed by atoms with van der Waals surface area (Å²) in [5, 5.41) is 2.97. The Morgan fingerprint density at radius 1 is 0.818 bits per heavy atom. The average molecular weight is 286 g/mol. The summed E-state index contributed by atoms with van der Waals surface area (Å²) in [7, 11) is 0. The third-order valence-corrected chi connectivity index (χ3v) is 5.41. The molecule has 0 radical (unpaired) electrons. The minimum Gasteiger partial charge on any atom is -0.194 e. The van der Waals surface area contributed by atoms with Gasteiger partial charge in [-0.05, 0) is 60.6 Å². The van der Waals surface area contributed by atoms with Crippen LogP contribution in [0.3, 0.4) is 0 Å². The van der Waals surface area contributed by atoms with E-state index in [9.17, 15) is 0 Å². The molecule has 1 aromatic heterocycles. The second kappa shape index (κ2) is 4.42. The molecule has 1 aliphatic carbocycles. The van der Waals surface area contributed by atoms with Crippen LogP contribution in [0.25, 0.3) is 22.0 Å². The molecule has 0 amide bonds. The highest BCUT2D eigenvalue weighted by Gasteiger charge is 2.33. The number of pyridine rings is 1. The van der Waals surface area contributed by atoms with E-state index in [4.69, 9.17) is 0 Å². The number of rotatable bonds is 0. The summed E-state index contributed by atoms with van der Waals surface area (Å²) in [5.74, 6) is 0. The maximum absolute atomic E-state index is 2.45. The number of aromatic nitrogens is 1. The molecule has 2 aromatic carbocycles. The number of fused-ring (bicyclic) bond motifs is 8. The Kier molecular flexibility index (Phi) is 2.49. The van der Waals surface area contributed by atoms with E-state index < -0.39 is 0 Å². The summed E-state index contributed by atoms with van der Waals surface area (Å²) >= 11 is 0. The van der Waals surface area contributed by atoms with Gasteiger partial charge in [-0.25, -0.2) is 0 Å². The predicted molar refractivity (Wildman–Crippen MR) is 90.1 cm³/mol. The number of hydrogen-bond acceptors (Lipinski definition) is 0. The first-order valence-electron chi connectivity index (χ1n) is 8.39. The van der Waals surface area contributed by atoms with Gasteiger partial charge in [-0.3, -0.25) is 0 Å². The molecule has 22 heavy (non-hydrogen) atoms. The fourth-order valence-electron chi connectivity index (χ4n) is 4.47. The minimum atomic E-state index is 1.03. The summed E-state index contributed by atoms with van der Waals surface area (Å²) in [5.41, 5.74) is 9.11. The highest BCUT2D eigenvalue weighted by molar-refractivity contribution is 5.96. The highest BCUT2D eigenvalue weighted by Crippen LogP contribution is 2.41. The fraction of sp³-hybridized carbons (Fsp3) is 0.286. The third-order valence-electron chi connectivity index (χ3n) is 5.41. The maximum Gasteiger partial charge on any atom is 0.213 e. The van der Waals surface area contributed by atoms with Crippen LogP contribution in [-0.2, 0) is 19.4 Å². The van der Waals surface area contributed by atoms with Gasteiger partial charge in [0.2, 0.25) is 5.69 Å². The molecule has 3 aromatic rings. The standard InChI is InChI=1S/C21H20N/c1-14-10-11-20-21-18-9-5-4-7-16(18)15-6-2-3-8-17(15)19(21)13-22(20)12-14/h2-3,6,8,10-12H,4-5,7,9,13H2,1H3/q+1. The summed E-state index contributed by atoms with van der Waals surface area (Å²) in [4.78, 5) is 0. The Bertz CT molecular complexity index is 921. The smallest absolute Gasteiger partial charge is 0.194 e. The van der Waals surface area contributed by atoms with Crippen molar-refractivity contribution in [2.24, 2.45) is 0 Å². The van der Waals surface area contributed by atoms with Crippen molar-refractivity contribution in [2.45, 2.75) is 39.2 Å². The van der Waals surface area contributed by atoms with Crippen LogP contribution in [0.1, 0.15) is 35.1 Å². The molecular formula is C21H20N+. The van der Waals surface area contributed by atoms with Gasteiger partial charge in [0, 0.05) is 17.2 Å². The normalized spacial score (nSPS) is 15.5. The Morgan fingerprint density at radius 3 is 2.36 bits per heavy atom. The number of aryl methyl sites for hydroxylation is 2. The Labute approximate surface area is 131 Å². The van der Waals surface area contributed by atoms with Crippen LogP contribution in [0, 0.1) is 6.92 Å². The van der Waals surface area contributed by atoms with Crippen LogP contribution in [0.5, 0.6) is 0 Å². The lowest BCUT2D eigenvalue weighted by molar-refractivity contribution is -0.672. The van der Waals surface area contributed by atoms with Gasteiger partial charge in [-0.15, -0.1) is 0 Å². The summed E-state index contributed by atoms with van der Waals surface area (Å²) in [6.07, 6.45) is 7.47. The zero-order chi connectivity index (χ0) is 14.7. The van der Waals surface area contributed by atoms with Crippen LogP contribution in [0.15, 0.2) is 42.6 Å². The van der Waals surface area contributed by atoms with E-state index in [2.05, 4.69) is 54.1 Å². The van der Waals surface area contributed by atoms with Crippen molar-refractivity contribution in [3.05, 3.63) is 64.8 Å². The zero-order valence-corrected chi connectivity index (χ0v) is 13.0. The van der Waals surface area contributed by atoms with Gasteiger partial charge in [0.1, 0.15) is 0 Å². The molecule has 0 atom stereocenters. The zero-order valence-electron chi connectivity index (χ0n) is 13.0. The van der Waals surface area contributed by atoms with E-state index in [1.807, 2.05) is 0 Å². The molecule has 0 saturated heterocycles. The largest absolute Gasteiger partial charge is 0.213 e. The van der Waals surface area contributed by atoms with Crippen LogP contribution < -0.4 is 4.57 Å². The average Bonchev–Trinajstić information content (AvgIpc) is 2.94. The molecule has 0 spiro atoms. The first kappa shape index (κ1) is 12.4. The van der Waals surface area contributed by atoms with Crippen LogP contribution >= 0.6 is 0 Å². The predicted octanol–water partition coefficient (Wildman–Crippen LogP) is 4.34. The topological polar surface area (TPSA) is 3.88 Å². The molecule has 2 aliphatic rings.